The van der Waals surface area contributed by atoms with Crippen molar-refractivity contribution in [3.8, 4) is 0 Å². The first-order valence-corrected chi connectivity index (χ1v) is 8.25. The van der Waals surface area contributed by atoms with Crippen molar-refractivity contribution >= 4 is 45.0 Å². The lowest BCUT2D eigenvalue weighted by molar-refractivity contribution is 0.0602. The van der Waals surface area contributed by atoms with E-state index in [9.17, 15) is 4.79 Å². The van der Waals surface area contributed by atoms with Gasteiger partial charge in [0.15, 0.2) is 0 Å². The van der Waals surface area contributed by atoms with Gasteiger partial charge in [0, 0.05) is 16.4 Å². The number of benzene rings is 2. The second-order valence-electron chi connectivity index (χ2n) is 5.06. The van der Waals surface area contributed by atoms with E-state index in [1.807, 2.05) is 30.3 Å². The number of carbonyl (C=O) groups is 1. The summed E-state index contributed by atoms with van der Waals surface area (Å²) in [5.74, 6) is 0.590. The van der Waals surface area contributed by atoms with E-state index < -0.39 is 5.97 Å². The van der Waals surface area contributed by atoms with Crippen LogP contribution in [-0.4, -0.2) is 23.0 Å². The molecule has 0 spiro atoms. The molecule has 0 saturated carbocycles. The van der Waals surface area contributed by atoms with Crippen LogP contribution in [0.1, 0.15) is 10.4 Å². The summed E-state index contributed by atoms with van der Waals surface area (Å²) in [7, 11) is 1.35. The Morgan fingerprint density at radius 1 is 1.08 bits per heavy atom. The molecule has 1 aromatic heterocycles. The molecular weight excluding hydrogens is 384 g/mol. The molecule has 0 aliphatic heterocycles. The molecule has 0 radical (unpaired) electrons. The third-order valence-corrected chi connectivity index (χ3v) is 3.82. The van der Waals surface area contributed by atoms with Gasteiger partial charge in [0.05, 0.1) is 18.4 Å². The zero-order valence-corrected chi connectivity index (χ0v) is 14.9. The Balaban J connectivity index is 1.82. The molecule has 0 aliphatic rings. The second-order valence-corrected chi connectivity index (χ2v) is 5.98. The van der Waals surface area contributed by atoms with Gasteiger partial charge >= 0.3 is 5.97 Å². The van der Waals surface area contributed by atoms with E-state index >= 15 is 0 Å². The molecule has 0 aliphatic carbocycles. The van der Waals surface area contributed by atoms with E-state index in [2.05, 4.69) is 36.5 Å². The first kappa shape index (κ1) is 16.9. The Morgan fingerprint density at radius 2 is 1.92 bits per heavy atom. The van der Waals surface area contributed by atoms with Crippen LogP contribution in [0.4, 0.5) is 23.1 Å². The Hall–Kier alpha value is -2.93. The number of carbonyl (C=O) groups excluding carboxylic acids is 1. The summed E-state index contributed by atoms with van der Waals surface area (Å²) < 4.78 is 5.76. The van der Waals surface area contributed by atoms with Gasteiger partial charge < -0.3 is 15.4 Å². The van der Waals surface area contributed by atoms with E-state index in [-0.39, 0.29) is 0 Å². The number of hydrogen-bond acceptors (Lipinski definition) is 6. The zero-order valence-electron chi connectivity index (χ0n) is 13.4. The van der Waals surface area contributed by atoms with Gasteiger partial charge in [-0.1, -0.05) is 34.1 Å². The molecule has 3 rings (SSSR count). The van der Waals surface area contributed by atoms with Crippen molar-refractivity contribution in [3.05, 3.63) is 70.8 Å². The average molecular weight is 399 g/mol. The third-order valence-electron chi connectivity index (χ3n) is 3.33. The van der Waals surface area contributed by atoms with Crippen LogP contribution in [0.15, 0.2) is 65.3 Å². The van der Waals surface area contributed by atoms with E-state index in [0.717, 1.165) is 10.2 Å². The summed E-state index contributed by atoms with van der Waals surface area (Å²) in [4.78, 5) is 20.5. The summed E-state index contributed by atoms with van der Waals surface area (Å²) in [5.41, 5.74) is 1.91. The predicted octanol–water partition coefficient (Wildman–Crippen LogP) is 4.51. The minimum atomic E-state index is -0.412. The van der Waals surface area contributed by atoms with Gasteiger partial charge in [-0.25, -0.2) is 9.78 Å². The van der Waals surface area contributed by atoms with Crippen molar-refractivity contribution in [2.24, 2.45) is 0 Å². The number of nitrogens with one attached hydrogen (secondary N) is 2. The maximum absolute atomic E-state index is 11.9. The summed E-state index contributed by atoms with van der Waals surface area (Å²) in [6, 6.07) is 16.5. The molecule has 0 bridgehead atoms. The van der Waals surface area contributed by atoms with Crippen LogP contribution in [0.5, 0.6) is 0 Å². The molecule has 7 heteroatoms. The SMILES string of the molecule is COC(=O)c1ccccc1Nc1ccnc(Nc2cccc(Br)c2)n1. The van der Waals surface area contributed by atoms with Crippen LogP contribution >= 0.6 is 15.9 Å². The molecule has 2 aromatic carbocycles. The van der Waals surface area contributed by atoms with Crippen molar-refractivity contribution in [2.45, 2.75) is 0 Å². The van der Waals surface area contributed by atoms with Crippen molar-refractivity contribution in [1.29, 1.82) is 0 Å². The maximum atomic E-state index is 11.9. The number of rotatable bonds is 5. The number of hydrogen-bond donors (Lipinski definition) is 2. The van der Waals surface area contributed by atoms with E-state index in [1.54, 1.807) is 30.5 Å². The fourth-order valence-electron chi connectivity index (χ4n) is 2.20. The topological polar surface area (TPSA) is 76.1 Å². The van der Waals surface area contributed by atoms with Gasteiger partial charge in [-0.15, -0.1) is 0 Å². The largest absolute Gasteiger partial charge is 0.465 e. The monoisotopic (exact) mass is 398 g/mol. The van der Waals surface area contributed by atoms with E-state index in [0.29, 0.717) is 23.0 Å². The van der Waals surface area contributed by atoms with Crippen LogP contribution in [0, 0.1) is 0 Å². The Labute approximate surface area is 153 Å². The Kier molecular flexibility index (Phi) is 5.25. The number of aromatic nitrogens is 2. The summed E-state index contributed by atoms with van der Waals surface area (Å²) in [6.07, 6.45) is 1.64. The van der Waals surface area contributed by atoms with Crippen molar-refractivity contribution in [1.82, 2.24) is 9.97 Å². The molecule has 0 fully saturated rings. The van der Waals surface area contributed by atoms with Gasteiger partial charge in [0.2, 0.25) is 5.95 Å². The third kappa shape index (κ3) is 4.33. The minimum Gasteiger partial charge on any atom is -0.465 e. The molecule has 0 atom stereocenters. The van der Waals surface area contributed by atoms with E-state index in [1.165, 1.54) is 7.11 Å². The van der Waals surface area contributed by atoms with Gasteiger partial charge in [0.1, 0.15) is 5.82 Å². The molecule has 25 heavy (non-hydrogen) atoms. The van der Waals surface area contributed by atoms with Crippen molar-refractivity contribution in [2.75, 3.05) is 17.7 Å². The summed E-state index contributed by atoms with van der Waals surface area (Å²) in [5, 5.41) is 6.26. The fraction of sp³-hybridized carbons (Fsp3) is 0.0556. The first-order chi connectivity index (χ1) is 12.2. The molecule has 1 heterocycles. The number of halogens is 1. The number of methoxy groups -OCH3 is 1. The lowest BCUT2D eigenvalue weighted by Gasteiger charge is -2.11. The quantitative estimate of drug-likeness (QED) is 0.615. The van der Waals surface area contributed by atoms with Crippen LogP contribution in [0.2, 0.25) is 0 Å². The molecule has 0 amide bonds. The van der Waals surface area contributed by atoms with Crippen LogP contribution in [0.3, 0.4) is 0 Å². The molecule has 2 N–H and O–H groups in total. The van der Waals surface area contributed by atoms with Gasteiger partial charge in [-0.05, 0) is 36.4 Å². The molecule has 0 saturated heterocycles. The standard InChI is InChI=1S/C18H15BrN4O2/c1-25-17(24)14-7-2-3-8-15(14)22-16-9-10-20-18(23-16)21-13-6-4-5-12(19)11-13/h2-11H,1H3,(H2,20,21,22,23). The van der Waals surface area contributed by atoms with Crippen LogP contribution < -0.4 is 10.6 Å². The predicted molar refractivity (Wildman–Crippen MR) is 101 cm³/mol. The van der Waals surface area contributed by atoms with Crippen molar-refractivity contribution < 1.29 is 9.53 Å². The average Bonchev–Trinajstić information content (AvgIpc) is 2.62. The minimum absolute atomic E-state index is 0.412. The molecule has 6 nitrogen and oxygen atoms in total. The van der Waals surface area contributed by atoms with Crippen LogP contribution in [0.25, 0.3) is 0 Å². The van der Waals surface area contributed by atoms with E-state index in [4.69, 9.17) is 4.74 Å². The molecule has 126 valence electrons. The van der Waals surface area contributed by atoms with Gasteiger partial charge in [-0.3, -0.25) is 0 Å². The highest BCUT2D eigenvalue weighted by Crippen LogP contribution is 2.22. The number of ether oxygens (including phenoxy) is 1. The highest BCUT2D eigenvalue weighted by molar-refractivity contribution is 9.10. The van der Waals surface area contributed by atoms with Crippen LogP contribution in [-0.2, 0) is 4.74 Å². The Bertz CT molecular complexity index is 902. The normalized spacial score (nSPS) is 10.2. The second kappa shape index (κ2) is 7.76. The number of anilines is 4. The number of para-hydroxylation sites is 1. The highest BCUT2D eigenvalue weighted by Gasteiger charge is 2.11. The summed E-state index contributed by atoms with van der Waals surface area (Å²) >= 11 is 3.43. The Morgan fingerprint density at radius 3 is 2.72 bits per heavy atom. The number of nitrogens with zero attached hydrogens (tertiary/aromatic N) is 2. The molecular formula is C18H15BrN4O2. The molecule has 0 unspecified atom stereocenters. The first-order valence-electron chi connectivity index (χ1n) is 7.46. The zero-order chi connectivity index (χ0) is 17.6. The fourth-order valence-corrected chi connectivity index (χ4v) is 2.60. The summed E-state index contributed by atoms with van der Waals surface area (Å²) in [6.45, 7) is 0. The van der Waals surface area contributed by atoms with Gasteiger partial charge in [-0.2, -0.15) is 4.98 Å². The smallest absolute Gasteiger partial charge is 0.339 e. The number of esters is 1. The maximum Gasteiger partial charge on any atom is 0.339 e. The lowest BCUT2D eigenvalue weighted by atomic mass is 10.2. The highest BCUT2D eigenvalue weighted by atomic mass is 79.9. The van der Waals surface area contributed by atoms with Gasteiger partial charge in [0.25, 0.3) is 0 Å². The molecule has 3 aromatic rings. The van der Waals surface area contributed by atoms with Crippen molar-refractivity contribution in [3.63, 3.8) is 0 Å². The lowest BCUT2D eigenvalue weighted by Crippen LogP contribution is -2.06.